The standard InChI is InChI=1S/C9H18N2O7S2/c1-11(2)3-6(4-19(13,14)15)7(5-20(16,17)18)8(11)9(10)12/h6-8H,3-5H2,1-2H3,(H3-,10,12,13,14,15,16,17,18). The fraction of sp³-hybridized carbons (Fsp3) is 0.889. The molecule has 3 unspecified atom stereocenters. The van der Waals surface area contributed by atoms with E-state index < -0.39 is 55.5 Å². The molecule has 0 bridgehead atoms. The van der Waals surface area contributed by atoms with Crippen molar-refractivity contribution in [2.24, 2.45) is 17.6 Å². The summed E-state index contributed by atoms with van der Waals surface area (Å²) in [5, 5.41) is 0. The number of nitrogens with zero attached hydrogens (tertiary/aromatic N) is 1. The molecule has 0 saturated carbocycles. The Kier molecular flexibility index (Phi) is 4.52. The van der Waals surface area contributed by atoms with Crippen LogP contribution in [-0.4, -0.2) is 74.5 Å². The zero-order chi connectivity index (χ0) is 15.9. The lowest BCUT2D eigenvalue weighted by atomic mass is 9.93. The Labute approximate surface area is 117 Å². The van der Waals surface area contributed by atoms with Crippen LogP contribution in [0.5, 0.6) is 0 Å². The first kappa shape index (κ1) is 17.3. The molecule has 0 spiro atoms. The fourth-order valence-corrected chi connectivity index (χ4v) is 4.91. The lowest BCUT2D eigenvalue weighted by Gasteiger charge is -2.31. The summed E-state index contributed by atoms with van der Waals surface area (Å²) >= 11 is 0. The molecule has 1 amide bonds. The van der Waals surface area contributed by atoms with Crippen LogP contribution >= 0.6 is 0 Å². The molecule has 1 aliphatic heterocycles. The first-order chi connectivity index (χ1) is 8.73. The number of likely N-dealkylation sites (N-methyl/N-ethyl adjacent to an activating group) is 1. The zero-order valence-corrected chi connectivity index (χ0v) is 12.7. The maximum Gasteiger partial charge on any atom is 0.276 e. The molecule has 0 aromatic heterocycles. The molecule has 1 saturated heterocycles. The number of likely N-dealkylation sites (tertiary alicyclic amines) is 1. The quantitative estimate of drug-likeness (QED) is 0.420. The van der Waals surface area contributed by atoms with Crippen molar-refractivity contribution in [3.05, 3.63) is 0 Å². The van der Waals surface area contributed by atoms with E-state index in [2.05, 4.69) is 0 Å². The van der Waals surface area contributed by atoms with Gasteiger partial charge in [0.2, 0.25) is 0 Å². The van der Waals surface area contributed by atoms with Gasteiger partial charge in [0.25, 0.3) is 16.0 Å². The Morgan fingerprint density at radius 3 is 2.15 bits per heavy atom. The van der Waals surface area contributed by atoms with E-state index >= 15 is 0 Å². The van der Waals surface area contributed by atoms with Crippen LogP contribution in [0.3, 0.4) is 0 Å². The first-order valence-corrected chi connectivity index (χ1v) is 8.92. The number of rotatable bonds is 5. The monoisotopic (exact) mass is 330 g/mol. The smallest absolute Gasteiger partial charge is 0.276 e. The molecule has 118 valence electrons. The fourth-order valence-electron chi connectivity index (χ4n) is 3.09. The lowest BCUT2D eigenvalue weighted by molar-refractivity contribution is -0.895. The van der Waals surface area contributed by atoms with E-state index in [1.54, 1.807) is 14.1 Å². The molecule has 1 fully saturated rings. The van der Waals surface area contributed by atoms with E-state index in [1.807, 2.05) is 0 Å². The van der Waals surface area contributed by atoms with Crippen LogP contribution < -0.4 is 5.73 Å². The van der Waals surface area contributed by atoms with Crippen LogP contribution in [0.15, 0.2) is 0 Å². The van der Waals surface area contributed by atoms with E-state index in [0.717, 1.165) is 0 Å². The number of nitrogens with two attached hydrogens (primary N) is 1. The van der Waals surface area contributed by atoms with Gasteiger partial charge in [0, 0.05) is 17.6 Å². The molecule has 20 heavy (non-hydrogen) atoms. The normalized spacial score (nSPS) is 30.3. The highest BCUT2D eigenvalue weighted by Gasteiger charge is 2.53. The molecule has 0 radical (unpaired) electrons. The Hall–Kier alpha value is -0.750. The van der Waals surface area contributed by atoms with E-state index in [4.69, 9.17) is 10.3 Å². The van der Waals surface area contributed by atoms with Gasteiger partial charge in [-0.25, -0.2) is 8.42 Å². The van der Waals surface area contributed by atoms with Crippen molar-refractivity contribution in [3.8, 4) is 0 Å². The third kappa shape index (κ3) is 4.38. The molecule has 1 rings (SSSR count). The van der Waals surface area contributed by atoms with Crippen LogP contribution in [0, 0.1) is 11.8 Å². The van der Waals surface area contributed by atoms with Gasteiger partial charge < -0.3 is 14.8 Å². The first-order valence-electron chi connectivity index (χ1n) is 5.73. The summed E-state index contributed by atoms with van der Waals surface area (Å²) in [6, 6.07) is -0.995. The molecule has 1 heterocycles. The minimum absolute atomic E-state index is 0.0320. The highest BCUT2D eigenvalue weighted by Crippen LogP contribution is 2.35. The molecule has 9 nitrogen and oxygen atoms in total. The number of amides is 1. The summed E-state index contributed by atoms with van der Waals surface area (Å²) < 4.78 is 63.7. The Morgan fingerprint density at radius 1 is 1.30 bits per heavy atom. The Bertz CT molecular complexity index is 596. The second-order valence-corrected chi connectivity index (χ2v) is 8.65. The van der Waals surface area contributed by atoms with Gasteiger partial charge in [-0.3, -0.25) is 9.35 Å². The molecule has 3 atom stereocenters. The van der Waals surface area contributed by atoms with Gasteiger partial charge in [-0.1, -0.05) is 0 Å². The summed E-state index contributed by atoms with van der Waals surface area (Å²) in [6.07, 6.45) is 0. The molecular formula is C9H18N2O7S2. The Balaban J connectivity index is 3.20. The van der Waals surface area contributed by atoms with Crippen LogP contribution in [0.4, 0.5) is 0 Å². The second-order valence-electron chi connectivity index (χ2n) is 5.71. The molecular weight excluding hydrogens is 312 g/mol. The van der Waals surface area contributed by atoms with Crippen molar-refractivity contribution >= 4 is 26.1 Å². The molecule has 11 heteroatoms. The van der Waals surface area contributed by atoms with Gasteiger partial charge in [0.05, 0.1) is 36.5 Å². The molecule has 0 aliphatic carbocycles. The highest BCUT2D eigenvalue weighted by atomic mass is 32.2. The number of hydrogen-bond acceptors (Lipinski definition) is 6. The van der Waals surface area contributed by atoms with E-state index in [9.17, 15) is 26.2 Å². The van der Waals surface area contributed by atoms with Crippen LogP contribution in [-0.2, 0) is 25.0 Å². The maximum absolute atomic E-state index is 11.5. The third-order valence-corrected chi connectivity index (χ3v) is 5.22. The molecule has 1 aliphatic rings. The summed E-state index contributed by atoms with van der Waals surface area (Å²) in [6.45, 7) is 0.119. The topological polar surface area (TPSA) is 155 Å². The van der Waals surface area contributed by atoms with Crippen molar-refractivity contribution in [1.82, 2.24) is 0 Å². The summed E-state index contributed by atoms with van der Waals surface area (Å²) in [5.74, 6) is -4.27. The van der Waals surface area contributed by atoms with Crippen LogP contribution in [0.2, 0.25) is 0 Å². The van der Waals surface area contributed by atoms with Crippen molar-refractivity contribution in [3.63, 3.8) is 0 Å². The van der Waals surface area contributed by atoms with E-state index in [-0.39, 0.29) is 11.0 Å². The van der Waals surface area contributed by atoms with Gasteiger partial charge in [-0.15, -0.1) is 0 Å². The van der Waals surface area contributed by atoms with Gasteiger partial charge in [-0.2, -0.15) is 8.42 Å². The highest BCUT2D eigenvalue weighted by molar-refractivity contribution is 7.86. The summed E-state index contributed by atoms with van der Waals surface area (Å²) in [5.41, 5.74) is 5.25. The number of carbonyl (C=O) groups is 1. The van der Waals surface area contributed by atoms with Crippen LogP contribution in [0.1, 0.15) is 0 Å². The van der Waals surface area contributed by atoms with Gasteiger partial charge >= 0.3 is 0 Å². The zero-order valence-electron chi connectivity index (χ0n) is 11.1. The van der Waals surface area contributed by atoms with Gasteiger partial charge in [0.15, 0.2) is 6.04 Å². The van der Waals surface area contributed by atoms with E-state index in [0.29, 0.717) is 0 Å². The van der Waals surface area contributed by atoms with Gasteiger partial charge in [0.1, 0.15) is 0 Å². The molecule has 0 aromatic carbocycles. The molecule has 3 N–H and O–H groups in total. The SMILES string of the molecule is C[N+]1(C)CC(CS(=O)(=O)O)C(CS(=O)(=O)[O-])C1C(N)=O. The number of carbonyl (C=O) groups excluding carboxylic acids is 1. The van der Waals surface area contributed by atoms with Crippen molar-refractivity contribution in [1.29, 1.82) is 0 Å². The molecule has 0 aromatic rings. The lowest BCUT2D eigenvalue weighted by Crippen LogP contribution is -2.53. The van der Waals surface area contributed by atoms with Crippen LogP contribution in [0.25, 0.3) is 0 Å². The number of primary amides is 1. The van der Waals surface area contributed by atoms with Crippen molar-refractivity contribution in [2.75, 3.05) is 32.1 Å². The third-order valence-electron chi connectivity index (χ3n) is 3.58. The number of hydrogen-bond donors (Lipinski definition) is 2. The number of quaternary nitrogens is 1. The summed E-state index contributed by atoms with van der Waals surface area (Å²) in [7, 11) is -5.84. The Morgan fingerprint density at radius 2 is 1.80 bits per heavy atom. The van der Waals surface area contributed by atoms with Gasteiger partial charge in [-0.05, 0) is 0 Å². The average Bonchev–Trinajstić information content (AvgIpc) is 2.30. The average molecular weight is 330 g/mol. The van der Waals surface area contributed by atoms with E-state index in [1.165, 1.54) is 0 Å². The summed E-state index contributed by atoms with van der Waals surface area (Å²) in [4.78, 5) is 11.5. The predicted octanol–water partition coefficient (Wildman–Crippen LogP) is -2.40. The maximum atomic E-state index is 11.5. The van der Waals surface area contributed by atoms with Crippen molar-refractivity contribution < 1.29 is 35.2 Å². The van der Waals surface area contributed by atoms with Crippen molar-refractivity contribution in [2.45, 2.75) is 6.04 Å². The largest absolute Gasteiger partial charge is 0.748 e. The minimum atomic E-state index is -4.66. The predicted molar refractivity (Wildman–Crippen MR) is 67.9 cm³/mol. The minimum Gasteiger partial charge on any atom is -0.748 e. The second kappa shape index (κ2) is 5.22.